The van der Waals surface area contributed by atoms with E-state index < -0.39 is 0 Å². The molecule has 0 radical (unpaired) electrons. The van der Waals surface area contributed by atoms with E-state index in [1.165, 1.54) is 36.2 Å². The van der Waals surface area contributed by atoms with E-state index in [0.717, 1.165) is 19.6 Å². The zero-order chi connectivity index (χ0) is 10.7. The summed E-state index contributed by atoms with van der Waals surface area (Å²) < 4.78 is 0. The van der Waals surface area contributed by atoms with E-state index in [1.54, 1.807) is 0 Å². The van der Waals surface area contributed by atoms with Gasteiger partial charge in [-0.3, -0.25) is 4.99 Å². The first kappa shape index (κ1) is 10.5. The topological polar surface area (TPSA) is 15.6 Å². The number of allylic oxidation sites excluding steroid dienone is 2. The molecule has 0 fully saturated rings. The van der Waals surface area contributed by atoms with Crippen molar-refractivity contribution in [3.63, 3.8) is 0 Å². The normalized spacial score (nSPS) is 20.0. The van der Waals surface area contributed by atoms with Gasteiger partial charge in [0.25, 0.3) is 0 Å². The molecule has 0 atom stereocenters. The van der Waals surface area contributed by atoms with Crippen molar-refractivity contribution in [3.8, 4) is 0 Å². The molecule has 2 heteroatoms. The van der Waals surface area contributed by atoms with Crippen LogP contribution in [0.15, 0.2) is 28.3 Å². The van der Waals surface area contributed by atoms with E-state index in [9.17, 15) is 0 Å². The van der Waals surface area contributed by atoms with Crippen LogP contribution in [-0.2, 0) is 0 Å². The fraction of sp³-hybridized carbons (Fsp3) is 0.615. The van der Waals surface area contributed by atoms with Crippen molar-refractivity contribution in [2.45, 2.75) is 33.1 Å². The summed E-state index contributed by atoms with van der Waals surface area (Å²) in [6, 6.07) is 0. The van der Waals surface area contributed by atoms with Crippen molar-refractivity contribution in [1.82, 2.24) is 4.90 Å². The molecule has 0 aromatic carbocycles. The van der Waals surface area contributed by atoms with Gasteiger partial charge in [0.2, 0.25) is 0 Å². The Hall–Kier alpha value is -1.05. The summed E-state index contributed by atoms with van der Waals surface area (Å²) in [6.07, 6.45) is 8.23. The summed E-state index contributed by atoms with van der Waals surface area (Å²) in [5.41, 5.74) is 3.03. The highest BCUT2D eigenvalue weighted by Gasteiger charge is 2.21. The molecule has 15 heavy (non-hydrogen) atoms. The predicted octanol–water partition coefficient (Wildman–Crippen LogP) is 2.78. The maximum Gasteiger partial charge on any atom is 0.127 e. The molecule has 0 N–H and O–H groups in total. The van der Waals surface area contributed by atoms with Crippen LogP contribution in [0.2, 0.25) is 0 Å². The van der Waals surface area contributed by atoms with Gasteiger partial charge >= 0.3 is 0 Å². The second kappa shape index (κ2) is 4.65. The molecular formula is C13H20N2. The summed E-state index contributed by atoms with van der Waals surface area (Å²) >= 11 is 0. The van der Waals surface area contributed by atoms with Gasteiger partial charge in [0.15, 0.2) is 0 Å². The van der Waals surface area contributed by atoms with Crippen molar-refractivity contribution < 1.29 is 0 Å². The molecule has 1 aliphatic carbocycles. The molecule has 0 aromatic heterocycles. The first-order chi connectivity index (χ1) is 7.36. The number of amidine groups is 1. The second-order valence-electron chi connectivity index (χ2n) is 4.10. The quantitative estimate of drug-likeness (QED) is 0.675. The molecule has 0 amide bonds. The lowest BCUT2D eigenvalue weighted by molar-refractivity contribution is 0.463. The summed E-state index contributed by atoms with van der Waals surface area (Å²) in [4.78, 5) is 7.09. The first-order valence-corrected chi connectivity index (χ1v) is 6.05. The van der Waals surface area contributed by atoms with Crippen molar-refractivity contribution in [1.29, 1.82) is 0 Å². The summed E-state index contributed by atoms with van der Waals surface area (Å²) in [6.45, 7) is 7.39. The number of rotatable bonds is 2. The highest BCUT2D eigenvalue weighted by molar-refractivity contribution is 6.00. The number of likely N-dealkylation sites (N-methyl/N-ethyl adjacent to an activating group) is 1. The highest BCUT2D eigenvalue weighted by Crippen LogP contribution is 2.30. The standard InChI is InChI=1S/C13H20N2/c1-3-15(4-2)13-12-9-5-7-11(12)8-6-10-14-13/h6,8H,3-5,7,9-10H2,1-2H3. The van der Waals surface area contributed by atoms with E-state index in [2.05, 4.69) is 30.9 Å². The zero-order valence-corrected chi connectivity index (χ0v) is 9.79. The van der Waals surface area contributed by atoms with E-state index >= 15 is 0 Å². The van der Waals surface area contributed by atoms with Crippen LogP contribution in [0.1, 0.15) is 33.1 Å². The van der Waals surface area contributed by atoms with Gasteiger partial charge < -0.3 is 4.90 Å². The van der Waals surface area contributed by atoms with Crippen LogP contribution >= 0.6 is 0 Å². The van der Waals surface area contributed by atoms with Crippen molar-refractivity contribution in [3.05, 3.63) is 23.3 Å². The minimum atomic E-state index is 0.846. The van der Waals surface area contributed by atoms with E-state index in [1.807, 2.05) is 0 Å². The molecule has 0 unspecified atom stereocenters. The lowest BCUT2D eigenvalue weighted by Crippen LogP contribution is -2.32. The van der Waals surface area contributed by atoms with Gasteiger partial charge in [-0.1, -0.05) is 12.2 Å². The Morgan fingerprint density at radius 1 is 1.27 bits per heavy atom. The van der Waals surface area contributed by atoms with Gasteiger partial charge in [0.1, 0.15) is 5.84 Å². The molecule has 2 aliphatic rings. The van der Waals surface area contributed by atoms with Gasteiger partial charge in [0.05, 0.1) is 6.54 Å². The Bertz CT molecular complexity index is 319. The Labute approximate surface area is 92.4 Å². The molecule has 0 spiro atoms. The molecule has 0 aromatic rings. The maximum absolute atomic E-state index is 4.71. The molecule has 0 bridgehead atoms. The van der Waals surface area contributed by atoms with Crippen LogP contribution in [0.25, 0.3) is 0 Å². The molecule has 1 heterocycles. The lowest BCUT2D eigenvalue weighted by atomic mass is 10.1. The SMILES string of the molecule is CCN(CC)C1=NCC=CC2=C1CCC2. The zero-order valence-electron chi connectivity index (χ0n) is 9.79. The van der Waals surface area contributed by atoms with Crippen molar-refractivity contribution >= 4 is 5.84 Å². The van der Waals surface area contributed by atoms with Gasteiger partial charge in [-0.25, -0.2) is 0 Å². The summed E-state index contributed by atoms with van der Waals surface area (Å²) in [7, 11) is 0. The van der Waals surface area contributed by atoms with E-state index in [0.29, 0.717) is 0 Å². The predicted molar refractivity (Wildman–Crippen MR) is 65.2 cm³/mol. The van der Waals surface area contributed by atoms with Crippen LogP contribution in [0, 0.1) is 0 Å². The second-order valence-corrected chi connectivity index (χ2v) is 4.10. The average Bonchev–Trinajstić information content (AvgIpc) is 2.63. The van der Waals surface area contributed by atoms with Crippen molar-refractivity contribution in [2.75, 3.05) is 19.6 Å². The third-order valence-electron chi connectivity index (χ3n) is 3.26. The van der Waals surface area contributed by atoms with Crippen LogP contribution < -0.4 is 0 Å². The fourth-order valence-corrected chi connectivity index (χ4v) is 2.45. The Balaban J connectivity index is 2.30. The average molecular weight is 204 g/mol. The molecule has 0 saturated carbocycles. The summed E-state index contributed by atoms with van der Waals surface area (Å²) in [5, 5.41) is 0. The Kier molecular flexibility index (Phi) is 3.24. The van der Waals surface area contributed by atoms with Gasteiger partial charge in [-0.2, -0.15) is 0 Å². The van der Waals surface area contributed by atoms with Gasteiger partial charge in [-0.15, -0.1) is 0 Å². The lowest BCUT2D eigenvalue weighted by Gasteiger charge is -2.24. The number of nitrogens with zero attached hydrogens (tertiary/aromatic N) is 2. The fourth-order valence-electron chi connectivity index (χ4n) is 2.45. The largest absolute Gasteiger partial charge is 0.357 e. The molecule has 0 saturated heterocycles. The van der Waals surface area contributed by atoms with Gasteiger partial charge in [-0.05, 0) is 44.3 Å². The molecule has 1 aliphatic heterocycles. The van der Waals surface area contributed by atoms with Gasteiger partial charge in [0, 0.05) is 13.1 Å². The Morgan fingerprint density at radius 2 is 2.07 bits per heavy atom. The van der Waals surface area contributed by atoms with Crippen LogP contribution in [-0.4, -0.2) is 30.4 Å². The molecular weight excluding hydrogens is 184 g/mol. The maximum atomic E-state index is 4.71. The number of aliphatic imine (C=N–C) groups is 1. The third-order valence-corrected chi connectivity index (χ3v) is 3.26. The van der Waals surface area contributed by atoms with E-state index in [-0.39, 0.29) is 0 Å². The number of hydrogen-bond donors (Lipinski definition) is 0. The van der Waals surface area contributed by atoms with Crippen LogP contribution in [0.3, 0.4) is 0 Å². The van der Waals surface area contributed by atoms with Crippen LogP contribution in [0.4, 0.5) is 0 Å². The van der Waals surface area contributed by atoms with Crippen LogP contribution in [0.5, 0.6) is 0 Å². The first-order valence-electron chi connectivity index (χ1n) is 6.05. The third kappa shape index (κ3) is 1.99. The minimum Gasteiger partial charge on any atom is -0.357 e. The summed E-state index contributed by atoms with van der Waals surface area (Å²) in [5.74, 6) is 1.26. The smallest absolute Gasteiger partial charge is 0.127 e. The Morgan fingerprint density at radius 3 is 2.80 bits per heavy atom. The molecule has 2 nitrogen and oxygen atoms in total. The number of hydrogen-bond acceptors (Lipinski definition) is 2. The molecule has 2 rings (SSSR count). The van der Waals surface area contributed by atoms with E-state index in [4.69, 9.17) is 4.99 Å². The minimum absolute atomic E-state index is 0.846. The monoisotopic (exact) mass is 204 g/mol. The molecule has 82 valence electrons. The van der Waals surface area contributed by atoms with Crippen molar-refractivity contribution in [2.24, 2.45) is 4.99 Å². The highest BCUT2D eigenvalue weighted by atomic mass is 15.2.